The third-order valence-electron chi connectivity index (χ3n) is 3.71. The summed E-state index contributed by atoms with van der Waals surface area (Å²) in [6, 6.07) is 11.1. The van der Waals surface area contributed by atoms with Crippen molar-refractivity contribution in [2.45, 2.75) is 32.2 Å². The van der Waals surface area contributed by atoms with Gasteiger partial charge in [-0.25, -0.2) is 0 Å². The van der Waals surface area contributed by atoms with Crippen LogP contribution in [0.4, 0.5) is 0 Å². The zero-order valence-electron chi connectivity index (χ0n) is 10.2. The van der Waals surface area contributed by atoms with E-state index in [0.717, 1.165) is 6.42 Å². The standard InChI is InChI=1S/C15H17NS/c1-9-7-10(2)17-15(9)14(16)13-8-11-5-3-4-6-12(11)13/h3-7,13-14H,8,16H2,1-2H3. The van der Waals surface area contributed by atoms with Crippen LogP contribution < -0.4 is 5.73 Å². The monoisotopic (exact) mass is 243 g/mol. The molecule has 0 saturated carbocycles. The van der Waals surface area contributed by atoms with Gasteiger partial charge in [-0.05, 0) is 43.0 Å². The lowest BCUT2D eigenvalue weighted by atomic mass is 9.73. The molecular weight excluding hydrogens is 226 g/mol. The van der Waals surface area contributed by atoms with Crippen LogP contribution in [-0.4, -0.2) is 0 Å². The maximum absolute atomic E-state index is 6.44. The molecule has 0 radical (unpaired) electrons. The highest BCUT2D eigenvalue weighted by atomic mass is 32.1. The van der Waals surface area contributed by atoms with Crippen LogP contribution in [0.3, 0.4) is 0 Å². The number of nitrogens with two attached hydrogens (primary N) is 1. The number of rotatable bonds is 2. The van der Waals surface area contributed by atoms with Crippen molar-refractivity contribution in [2.24, 2.45) is 5.73 Å². The molecule has 1 aliphatic rings. The third kappa shape index (κ3) is 1.72. The summed E-state index contributed by atoms with van der Waals surface area (Å²) in [5, 5.41) is 0. The minimum atomic E-state index is 0.170. The second-order valence-corrected chi connectivity index (χ2v) is 6.23. The third-order valence-corrected chi connectivity index (χ3v) is 4.96. The molecule has 2 heteroatoms. The van der Waals surface area contributed by atoms with Gasteiger partial charge in [0.1, 0.15) is 0 Å². The molecule has 2 unspecified atom stereocenters. The summed E-state index contributed by atoms with van der Waals surface area (Å²) < 4.78 is 0. The van der Waals surface area contributed by atoms with Crippen LogP contribution in [-0.2, 0) is 6.42 Å². The average molecular weight is 243 g/mol. The summed E-state index contributed by atoms with van der Waals surface area (Å²) >= 11 is 1.85. The van der Waals surface area contributed by atoms with Gasteiger partial charge in [-0.15, -0.1) is 11.3 Å². The van der Waals surface area contributed by atoms with Crippen molar-refractivity contribution in [2.75, 3.05) is 0 Å². The second-order valence-electron chi connectivity index (χ2n) is 4.94. The molecule has 0 fully saturated rings. The highest BCUT2D eigenvalue weighted by molar-refractivity contribution is 7.12. The van der Waals surface area contributed by atoms with Crippen molar-refractivity contribution < 1.29 is 0 Å². The molecule has 2 atom stereocenters. The maximum atomic E-state index is 6.44. The van der Waals surface area contributed by atoms with E-state index in [2.05, 4.69) is 44.2 Å². The molecule has 0 amide bonds. The van der Waals surface area contributed by atoms with E-state index in [0.29, 0.717) is 5.92 Å². The highest BCUT2D eigenvalue weighted by Crippen LogP contribution is 2.44. The smallest absolute Gasteiger partial charge is 0.0465 e. The van der Waals surface area contributed by atoms with Gasteiger partial charge in [-0.2, -0.15) is 0 Å². The van der Waals surface area contributed by atoms with Crippen LogP contribution in [0.25, 0.3) is 0 Å². The van der Waals surface area contributed by atoms with E-state index < -0.39 is 0 Å². The molecule has 88 valence electrons. The Morgan fingerprint density at radius 2 is 2.06 bits per heavy atom. The highest BCUT2D eigenvalue weighted by Gasteiger charge is 2.32. The summed E-state index contributed by atoms with van der Waals surface area (Å²) in [6.45, 7) is 4.33. The van der Waals surface area contributed by atoms with Crippen LogP contribution in [0, 0.1) is 13.8 Å². The first kappa shape index (κ1) is 11.0. The van der Waals surface area contributed by atoms with Crippen molar-refractivity contribution in [3.63, 3.8) is 0 Å². The van der Waals surface area contributed by atoms with E-state index in [4.69, 9.17) is 5.73 Å². The van der Waals surface area contributed by atoms with E-state index in [1.807, 2.05) is 11.3 Å². The molecule has 1 heterocycles. The number of thiophene rings is 1. The molecule has 2 aromatic rings. The fraction of sp³-hybridized carbons (Fsp3) is 0.333. The molecule has 1 aromatic carbocycles. The molecule has 0 spiro atoms. The van der Waals surface area contributed by atoms with Gasteiger partial charge in [0.25, 0.3) is 0 Å². The molecule has 1 aliphatic carbocycles. The number of benzene rings is 1. The van der Waals surface area contributed by atoms with Crippen LogP contribution in [0.2, 0.25) is 0 Å². The molecule has 2 N–H and O–H groups in total. The van der Waals surface area contributed by atoms with E-state index in [-0.39, 0.29) is 6.04 Å². The van der Waals surface area contributed by atoms with Crippen molar-refractivity contribution in [3.05, 3.63) is 56.8 Å². The summed E-state index contributed by atoms with van der Waals surface area (Å²) in [5.41, 5.74) is 10.7. The lowest BCUT2D eigenvalue weighted by Gasteiger charge is -2.34. The lowest BCUT2D eigenvalue weighted by Crippen LogP contribution is -2.28. The van der Waals surface area contributed by atoms with Gasteiger partial charge in [-0.1, -0.05) is 24.3 Å². The maximum Gasteiger partial charge on any atom is 0.0465 e. The predicted molar refractivity (Wildman–Crippen MR) is 73.6 cm³/mol. The number of fused-ring (bicyclic) bond motifs is 1. The van der Waals surface area contributed by atoms with Crippen molar-refractivity contribution in [3.8, 4) is 0 Å². The van der Waals surface area contributed by atoms with Gasteiger partial charge in [0.2, 0.25) is 0 Å². The van der Waals surface area contributed by atoms with Gasteiger partial charge in [0.05, 0.1) is 0 Å². The van der Waals surface area contributed by atoms with Crippen LogP contribution in [0.1, 0.15) is 38.4 Å². The summed E-state index contributed by atoms with van der Waals surface area (Å²) in [6.07, 6.45) is 1.13. The predicted octanol–water partition coefficient (Wildman–Crippen LogP) is 3.70. The Hall–Kier alpha value is -1.12. The molecule has 0 saturated heterocycles. The second kappa shape index (κ2) is 3.97. The number of hydrogen-bond acceptors (Lipinski definition) is 2. The first-order chi connectivity index (χ1) is 8.16. The van der Waals surface area contributed by atoms with Crippen molar-refractivity contribution in [1.29, 1.82) is 0 Å². The molecule has 1 aromatic heterocycles. The molecule has 17 heavy (non-hydrogen) atoms. The van der Waals surface area contributed by atoms with Crippen LogP contribution in [0.5, 0.6) is 0 Å². The van der Waals surface area contributed by atoms with E-state index in [1.54, 1.807) is 0 Å². The summed E-state index contributed by atoms with van der Waals surface area (Å²) in [5.74, 6) is 0.517. The fourth-order valence-electron chi connectivity index (χ4n) is 2.79. The zero-order valence-corrected chi connectivity index (χ0v) is 11.1. The molecule has 3 rings (SSSR count). The SMILES string of the molecule is Cc1cc(C)c(C(N)C2Cc3ccccc32)s1. The molecule has 0 aliphatic heterocycles. The Balaban J connectivity index is 1.91. The van der Waals surface area contributed by atoms with E-state index in [1.165, 1.54) is 26.4 Å². The van der Waals surface area contributed by atoms with Gasteiger partial charge in [-0.3, -0.25) is 0 Å². The normalized spacial score (nSPS) is 19.6. The molecule has 1 nitrogen and oxygen atoms in total. The first-order valence-corrected chi connectivity index (χ1v) is 6.89. The van der Waals surface area contributed by atoms with Crippen molar-refractivity contribution in [1.82, 2.24) is 0 Å². The Labute approximate surface area is 106 Å². The average Bonchev–Trinajstić information content (AvgIpc) is 2.59. The van der Waals surface area contributed by atoms with Gasteiger partial charge >= 0.3 is 0 Å². The summed E-state index contributed by atoms with van der Waals surface area (Å²) in [7, 11) is 0. The van der Waals surface area contributed by atoms with Gasteiger partial charge in [0.15, 0.2) is 0 Å². The Morgan fingerprint density at radius 1 is 1.29 bits per heavy atom. The van der Waals surface area contributed by atoms with Crippen molar-refractivity contribution >= 4 is 11.3 Å². The minimum Gasteiger partial charge on any atom is -0.323 e. The summed E-state index contributed by atoms with van der Waals surface area (Å²) in [4.78, 5) is 2.72. The molecular formula is C15H17NS. The number of aryl methyl sites for hydroxylation is 2. The van der Waals surface area contributed by atoms with E-state index in [9.17, 15) is 0 Å². The fourth-order valence-corrected chi connectivity index (χ4v) is 3.89. The Morgan fingerprint density at radius 3 is 2.71 bits per heavy atom. The van der Waals surface area contributed by atoms with E-state index >= 15 is 0 Å². The topological polar surface area (TPSA) is 26.0 Å². The largest absolute Gasteiger partial charge is 0.323 e. The molecule has 0 bridgehead atoms. The Kier molecular flexibility index (Phi) is 2.57. The van der Waals surface area contributed by atoms with Crippen LogP contribution >= 0.6 is 11.3 Å². The first-order valence-electron chi connectivity index (χ1n) is 6.07. The Bertz CT molecular complexity index is 556. The van der Waals surface area contributed by atoms with Gasteiger partial charge in [0, 0.05) is 21.7 Å². The van der Waals surface area contributed by atoms with Gasteiger partial charge < -0.3 is 5.73 Å². The quantitative estimate of drug-likeness (QED) is 0.855. The lowest BCUT2D eigenvalue weighted by molar-refractivity contribution is 0.504. The number of hydrogen-bond donors (Lipinski definition) is 1. The minimum absolute atomic E-state index is 0.170. The van der Waals surface area contributed by atoms with Crippen LogP contribution in [0.15, 0.2) is 30.3 Å². The zero-order chi connectivity index (χ0) is 12.0.